The lowest BCUT2D eigenvalue weighted by atomic mass is 10.1. The van der Waals surface area contributed by atoms with Gasteiger partial charge in [0.2, 0.25) is 10.0 Å². The van der Waals surface area contributed by atoms with Crippen molar-refractivity contribution >= 4 is 16.0 Å². The summed E-state index contributed by atoms with van der Waals surface area (Å²) in [5.41, 5.74) is 0. The number of sulfonamides is 1. The number of hydrogen-bond donors (Lipinski definition) is 1. The van der Waals surface area contributed by atoms with E-state index in [-0.39, 0.29) is 17.6 Å². The molecule has 20 heavy (non-hydrogen) atoms. The third-order valence-electron chi connectivity index (χ3n) is 3.12. The van der Waals surface area contributed by atoms with Crippen LogP contribution in [0.5, 0.6) is 0 Å². The lowest BCUT2D eigenvalue weighted by molar-refractivity contribution is -0.145. The van der Waals surface area contributed by atoms with E-state index in [2.05, 4.69) is 4.98 Å². The van der Waals surface area contributed by atoms with Crippen LogP contribution in [0.2, 0.25) is 0 Å². The van der Waals surface area contributed by atoms with Crippen LogP contribution in [0.3, 0.4) is 0 Å². The normalized spacial score (nSPS) is 18.0. The Hall–Kier alpha value is -1.51. The Bertz CT molecular complexity index is 552. The average molecular weight is 300 g/mol. The number of hydrogen-bond acceptors (Lipinski definition) is 5. The zero-order chi connectivity index (χ0) is 14.6. The predicted molar refractivity (Wildman–Crippen MR) is 69.6 cm³/mol. The van der Waals surface area contributed by atoms with Gasteiger partial charge in [-0.2, -0.15) is 4.31 Å². The van der Waals surface area contributed by atoms with Gasteiger partial charge in [-0.15, -0.1) is 0 Å². The minimum atomic E-state index is -3.52. The zero-order valence-electron chi connectivity index (χ0n) is 10.8. The fourth-order valence-electron chi connectivity index (χ4n) is 2.08. The summed E-state index contributed by atoms with van der Waals surface area (Å²) in [4.78, 5) is 14.4. The highest BCUT2D eigenvalue weighted by atomic mass is 32.2. The lowest BCUT2D eigenvalue weighted by Crippen LogP contribution is -2.41. The lowest BCUT2D eigenvalue weighted by Gasteiger charge is -2.30. The molecule has 0 aliphatic carbocycles. The first-order valence-corrected chi connectivity index (χ1v) is 7.68. The molecule has 0 radical (unpaired) electrons. The van der Waals surface area contributed by atoms with Gasteiger partial charge in [-0.05, 0) is 25.0 Å². The first-order chi connectivity index (χ1) is 9.50. The van der Waals surface area contributed by atoms with Gasteiger partial charge >= 0.3 is 5.97 Å². The maximum atomic E-state index is 12.3. The fourth-order valence-corrected chi connectivity index (χ4v) is 3.51. The van der Waals surface area contributed by atoms with Crippen molar-refractivity contribution in [3.63, 3.8) is 0 Å². The van der Waals surface area contributed by atoms with E-state index in [1.807, 2.05) is 0 Å². The van der Waals surface area contributed by atoms with Gasteiger partial charge in [-0.1, -0.05) is 0 Å². The number of aliphatic carboxylic acids is 1. The minimum Gasteiger partial charge on any atom is -0.480 e. The molecule has 2 heterocycles. The van der Waals surface area contributed by atoms with E-state index < -0.39 is 16.0 Å². The first-order valence-electron chi connectivity index (χ1n) is 6.24. The van der Waals surface area contributed by atoms with E-state index in [1.54, 1.807) is 6.07 Å². The summed E-state index contributed by atoms with van der Waals surface area (Å²) < 4.78 is 31.2. The Morgan fingerprint density at radius 2 is 2.15 bits per heavy atom. The summed E-state index contributed by atoms with van der Waals surface area (Å²) >= 11 is 0. The number of rotatable bonds is 5. The minimum absolute atomic E-state index is 0.171. The summed E-state index contributed by atoms with van der Waals surface area (Å²) in [6, 6.07) is 3.09. The summed E-state index contributed by atoms with van der Waals surface area (Å²) in [6.07, 6.45) is 3.62. The van der Waals surface area contributed by atoms with Crippen molar-refractivity contribution in [3.05, 3.63) is 24.5 Å². The van der Waals surface area contributed by atoms with Crippen LogP contribution in [-0.2, 0) is 19.6 Å². The predicted octanol–water partition coefficient (Wildman–Crippen LogP) is 0.336. The molecule has 1 saturated heterocycles. The van der Waals surface area contributed by atoms with Crippen LogP contribution in [-0.4, -0.2) is 54.6 Å². The third kappa shape index (κ3) is 3.53. The highest BCUT2D eigenvalue weighted by molar-refractivity contribution is 7.89. The molecule has 0 saturated carbocycles. The summed E-state index contributed by atoms with van der Waals surface area (Å²) in [5.74, 6) is -1.02. The third-order valence-corrected chi connectivity index (χ3v) is 5.00. The van der Waals surface area contributed by atoms with Crippen LogP contribution in [0.1, 0.15) is 12.8 Å². The Morgan fingerprint density at radius 1 is 1.45 bits per heavy atom. The first kappa shape index (κ1) is 14.9. The van der Waals surface area contributed by atoms with E-state index in [0.29, 0.717) is 25.9 Å². The number of aromatic nitrogens is 1. The number of nitrogens with zero attached hydrogens (tertiary/aromatic N) is 2. The summed E-state index contributed by atoms with van der Waals surface area (Å²) in [5, 5.41) is 8.54. The van der Waals surface area contributed by atoms with Gasteiger partial charge in [0.15, 0.2) is 0 Å². The standard InChI is InChI=1S/C12H16N2O5S/c15-12(16)9-19-10-3-6-14(7-4-10)20(17,18)11-2-1-5-13-8-11/h1-2,5,8,10H,3-4,6-7,9H2,(H,15,16). The molecule has 110 valence electrons. The van der Waals surface area contributed by atoms with E-state index >= 15 is 0 Å². The smallest absolute Gasteiger partial charge is 0.329 e. The van der Waals surface area contributed by atoms with Gasteiger partial charge in [0.1, 0.15) is 11.5 Å². The number of carboxylic acid groups (broad SMARTS) is 1. The van der Waals surface area contributed by atoms with Crippen LogP contribution < -0.4 is 0 Å². The quantitative estimate of drug-likeness (QED) is 0.842. The molecule has 0 atom stereocenters. The summed E-state index contributed by atoms with van der Waals surface area (Å²) in [6.45, 7) is 0.295. The van der Waals surface area contributed by atoms with E-state index in [4.69, 9.17) is 9.84 Å². The average Bonchev–Trinajstić information content (AvgIpc) is 2.46. The van der Waals surface area contributed by atoms with Gasteiger partial charge in [0.05, 0.1) is 6.10 Å². The Kier molecular flexibility index (Phi) is 4.69. The van der Waals surface area contributed by atoms with Crippen LogP contribution in [0, 0.1) is 0 Å². The Labute approximate surface area is 117 Å². The van der Waals surface area contributed by atoms with Crippen molar-refractivity contribution in [3.8, 4) is 0 Å². The van der Waals surface area contributed by atoms with Crippen LogP contribution in [0.25, 0.3) is 0 Å². The monoisotopic (exact) mass is 300 g/mol. The van der Waals surface area contributed by atoms with Gasteiger partial charge in [-0.3, -0.25) is 4.98 Å². The highest BCUT2D eigenvalue weighted by Crippen LogP contribution is 2.21. The van der Waals surface area contributed by atoms with E-state index in [1.165, 1.54) is 22.8 Å². The molecule has 0 unspecified atom stereocenters. The number of carbonyl (C=O) groups is 1. The largest absolute Gasteiger partial charge is 0.480 e. The van der Waals surface area contributed by atoms with E-state index in [9.17, 15) is 13.2 Å². The molecule has 0 amide bonds. The van der Waals surface area contributed by atoms with Crippen LogP contribution in [0.15, 0.2) is 29.4 Å². The van der Waals surface area contributed by atoms with Gasteiger partial charge in [-0.25, -0.2) is 13.2 Å². The second kappa shape index (κ2) is 6.29. The molecule has 1 N–H and O–H groups in total. The Balaban J connectivity index is 1.95. The molecule has 0 spiro atoms. The molecule has 1 aliphatic heterocycles. The second-order valence-corrected chi connectivity index (χ2v) is 6.43. The zero-order valence-corrected chi connectivity index (χ0v) is 11.6. The van der Waals surface area contributed by atoms with Crippen LogP contribution in [0.4, 0.5) is 0 Å². The molecule has 8 heteroatoms. The van der Waals surface area contributed by atoms with Crippen molar-refractivity contribution in [2.75, 3.05) is 19.7 Å². The SMILES string of the molecule is O=C(O)COC1CCN(S(=O)(=O)c2cccnc2)CC1. The van der Waals surface area contributed by atoms with Gasteiger partial charge in [0, 0.05) is 25.5 Å². The summed E-state index contributed by atoms with van der Waals surface area (Å²) in [7, 11) is -3.52. The Morgan fingerprint density at radius 3 is 2.70 bits per heavy atom. The van der Waals surface area contributed by atoms with Crippen molar-refractivity contribution in [2.24, 2.45) is 0 Å². The maximum Gasteiger partial charge on any atom is 0.329 e. The van der Waals surface area contributed by atoms with Gasteiger partial charge in [0.25, 0.3) is 0 Å². The molecule has 7 nitrogen and oxygen atoms in total. The molecule has 2 rings (SSSR count). The molecule has 1 aromatic rings. The highest BCUT2D eigenvalue weighted by Gasteiger charge is 2.29. The molecular weight excluding hydrogens is 284 g/mol. The number of carboxylic acids is 1. The molecule has 1 aliphatic rings. The molecule has 1 aromatic heterocycles. The van der Waals surface area contributed by atoms with Crippen LogP contribution >= 0.6 is 0 Å². The number of piperidine rings is 1. The number of pyridine rings is 1. The fraction of sp³-hybridized carbons (Fsp3) is 0.500. The molecule has 0 aromatic carbocycles. The van der Waals surface area contributed by atoms with Crippen molar-refractivity contribution < 1.29 is 23.1 Å². The molecule has 0 bridgehead atoms. The number of ether oxygens (including phenoxy) is 1. The second-order valence-electron chi connectivity index (χ2n) is 4.50. The van der Waals surface area contributed by atoms with E-state index in [0.717, 1.165) is 0 Å². The van der Waals surface area contributed by atoms with Crippen molar-refractivity contribution in [1.82, 2.24) is 9.29 Å². The topological polar surface area (TPSA) is 96.8 Å². The van der Waals surface area contributed by atoms with Crippen molar-refractivity contribution in [1.29, 1.82) is 0 Å². The van der Waals surface area contributed by atoms with Gasteiger partial charge < -0.3 is 9.84 Å². The molecular formula is C12H16N2O5S. The maximum absolute atomic E-state index is 12.3. The molecule has 1 fully saturated rings. The van der Waals surface area contributed by atoms with Crippen molar-refractivity contribution in [2.45, 2.75) is 23.8 Å².